The number of benzene rings is 2. The van der Waals surface area contributed by atoms with Crippen molar-refractivity contribution in [1.29, 1.82) is 0 Å². The van der Waals surface area contributed by atoms with Crippen molar-refractivity contribution in [2.75, 3.05) is 43.6 Å². The van der Waals surface area contributed by atoms with E-state index in [9.17, 15) is 22.8 Å². The molecule has 52 heavy (non-hydrogen) atoms. The molecule has 5 aromatic rings. The Labute approximate surface area is 296 Å². The summed E-state index contributed by atoms with van der Waals surface area (Å²) in [4.78, 5) is 32.8. The molecule has 0 aliphatic carbocycles. The maximum Gasteiger partial charge on any atom is 0.417 e. The summed E-state index contributed by atoms with van der Waals surface area (Å²) in [6.45, 7) is 5.73. The molecule has 2 N–H and O–H groups in total. The number of fused-ring (bicyclic) bond motifs is 4. The van der Waals surface area contributed by atoms with E-state index < -0.39 is 40.8 Å². The number of nitrogens with zero attached hydrogens (tertiary/aromatic N) is 4. The van der Waals surface area contributed by atoms with E-state index in [1.54, 1.807) is 54.9 Å². The summed E-state index contributed by atoms with van der Waals surface area (Å²) < 4.78 is 83.7. The Kier molecular flexibility index (Phi) is 8.94. The average molecular weight is 721 g/mol. The van der Waals surface area contributed by atoms with Crippen molar-refractivity contribution in [1.82, 2.24) is 19.3 Å². The smallest absolute Gasteiger partial charge is 0.381 e. The lowest BCUT2D eigenvalue weighted by Gasteiger charge is -2.34. The molecule has 0 radical (unpaired) electrons. The van der Waals surface area contributed by atoms with Gasteiger partial charge in [-0.3, -0.25) is 9.59 Å². The van der Waals surface area contributed by atoms with Gasteiger partial charge in [0, 0.05) is 74.9 Å². The molecule has 2 aromatic carbocycles. The van der Waals surface area contributed by atoms with Crippen molar-refractivity contribution in [3.63, 3.8) is 0 Å². The van der Waals surface area contributed by atoms with Gasteiger partial charge >= 0.3 is 6.18 Å². The zero-order chi connectivity index (χ0) is 37.1. The minimum absolute atomic E-state index is 0.0190. The van der Waals surface area contributed by atoms with Gasteiger partial charge in [0.25, 0.3) is 0 Å². The third kappa shape index (κ3) is 6.23. The number of rotatable bonds is 7. The SMILES string of the molecule is Cc1nc2c3c(c(C(F)(F)F)cc2n1C)-c1cccn2c(C(=O)c4cc(F)c(NC(=O)/C=C/CNC5(C)CCOCC5)c(F)c4)cc(c12)CCN3C. The van der Waals surface area contributed by atoms with Crippen LogP contribution < -0.4 is 15.5 Å². The van der Waals surface area contributed by atoms with Gasteiger partial charge in [0.05, 0.1) is 28.0 Å². The summed E-state index contributed by atoms with van der Waals surface area (Å²) in [5.41, 5.74) is 0.243. The highest BCUT2D eigenvalue weighted by Crippen LogP contribution is 2.48. The van der Waals surface area contributed by atoms with Crippen LogP contribution in [0.25, 0.3) is 27.7 Å². The number of nitrogens with one attached hydrogen (secondary N) is 2. The summed E-state index contributed by atoms with van der Waals surface area (Å²) in [7, 11) is 3.38. The number of carbonyl (C=O) groups excluding carboxylic acids is 2. The van der Waals surface area contributed by atoms with Crippen LogP contribution in [0.4, 0.5) is 33.3 Å². The number of imidazole rings is 1. The maximum absolute atomic E-state index is 15.3. The molecule has 272 valence electrons. The summed E-state index contributed by atoms with van der Waals surface area (Å²) in [5, 5.41) is 5.55. The van der Waals surface area contributed by atoms with Crippen molar-refractivity contribution in [2.24, 2.45) is 7.05 Å². The van der Waals surface area contributed by atoms with E-state index >= 15 is 8.78 Å². The molecule has 1 fully saturated rings. The van der Waals surface area contributed by atoms with Crippen LogP contribution in [0.2, 0.25) is 0 Å². The molecule has 5 heterocycles. The van der Waals surface area contributed by atoms with Gasteiger partial charge in [-0.2, -0.15) is 13.2 Å². The van der Waals surface area contributed by atoms with Crippen LogP contribution in [0.3, 0.4) is 0 Å². The Morgan fingerprint density at radius 3 is 2.48 bits per heavy atom. The van der Waals surface area contributed by atoms with Gasteiger partial charge < -0.3 is 29.2 Å². The Bertz CT molecular complexity index is 2260. The highest BCUT2D eigenvalue weighted by atomic mass is 19.4. The molecule has 0 saturated carbocycles. The van der Waals surface area contributed by atoms with Crippen LogP contribution in [0.15, 0.2) is 54.7 Å². The van der Waals surface area contributed by atoms with E-state index in [0.717, 1.165) is 31.0 Å². The Morgan fingerprint density at radius 1 is 1.08 bits per heavy atom. The molecule has 2 aliphatic rings. The fourth-order valence-electron chi connectivity index (χ4n) is 7.20. The first-order valence-electron chi connectivity index (χ1n) is 16.9. The van der Waals surface area contributed by atoms with Crippen LogP contribution in [0, 0.1) is 18.6 Å². The molecule has 14 heteroatoms. The van der Waals surface area contributed by atoms with Gasteiger partial charge in [0.2, 0.25) is 11.7 Å². The number of hydrogen-bond donors (Lipinski definition) is 2. The predicted molar refractivity (Wildman–Crippen MR) is 188 cm³/mol. The third-order valence-corrected chi connectivity index (χ3v) is 10.2. The van der Waals surface area contributed by atoms with E-state index in [2.05, 4.69) is 22.5 Å². The highest BCUT2D eigenvalue weighted by Gasteiger charge is 2.39. The molecule has 9 nitrogen and oxygen atoms in total. The van der Waals surface area contributed by atoms with Crippen LogP contribution in [0.5, 0.6) is 0 Å². The number of halogens is 5. The van der Waals surface area contributed by atoms with Gasteiger partial charge in [0.1, 0.15) is 28.7 Å². The lowest BCUT2D eigenvalue weighted by atomic mass is 9.92. The molecular weight excluding hydrogens is 683 g/mol. The topological polar surface area (TPSA) is 92.9 Å². The summed E-state index contributed by atoms with van der Waals surface area (Å²) >= 11 is 0. The Morgan fingerprint density at radius 2 is 1.79 bits per heavy atom. The normalized spacial score (nSPS) is 16.0. The number of aryl methyl sites for hydroxylation is 2. The van der Waals surface area contributed by atoms with Gasteiger partial charge in [-0.25, -0.2) is 13.8 Å². The van der Waals surface area contributed by atoms with Crippen molar-refractivity contribution in [3.8, 4) is 11.1 Å². The highest BCUT2D eigenvalue weighted by molar-refractivity contribution is 6.11. The number of carbonyl (C=O) groups is 2. The van der Waals surface area contributed by atoms with E-state index in [1.807, 2.05) is 0 Å². The summed E-state index contributed by atoms with van der Waals surface area (Å²) in [5.74, 6) is -3.26. The second-order valence-corrected chi connectivity index (χ2v) is 13.7. The second kappa shape index (κ2) is 13.2. The molecule has 0 spiro atoms. The van der Waals surface area contributed by atoms with E-state index in [4.69, 9.17) is 4.74 Å². The third-order valence-electron chi connectivity index (χ3n) is 10.2. The monoisotopic (exact) mass is 720 g/mol. The largest absolute Gasteiger partial charge is 0.417 e. The number of hydrogen-bond acceptors (Lipinski definition) is 6. The number of ether oxygens (including phenoxy) is 1. The number of ketones is 1. The molecule has 7 rings (SSSR count). The Balaban J connectivity index is 1.23. The number of aromatic nitrogens is 3. The molecule has 0 bridgehead atoms. The van der Waals surface area contributed by atoms with E-state index in [1.165, 1.54) is 16.5 Å². The number of amides is 1. The molecular formula is C38H37F5N6O3. The minimum Gasteiger partial charge on any atom is -0.381 e. The first-order chi connectivity index (χ1) is 24.7. The molecule has 3 aromatic heterocycles. The van der Waals surface area contributed by atoms with Crippen LogP contribution >= 0.6 is 0 Å². The van der Waals surface area contributed by atoms with E-state index in [-0.39, 0.29) is 27.9 Å². The molecule has 1 saturated heterocycles. The minimum atomic E-state index is -4.73. The molecule has 0 atom stereocenters. The lowest BCUT2D eigenvalue weighted by molar-refractivity contribution is -0.137. The number of pyridine rings is 1. The molecule has 2 aliphatic heterocycles. The predicted octanol–water partition coefficient (Wildman–Crippen LogP) is 6.98. The summed E-state index contributed by atoms with van der Waals surface area (Å²) in [6.07, 6.45) is 1.53. The van der Waals surface area contributed by atoms with Crippen molar-refractivity contribution in [3.05, 3.63) is 94.6 Å². The van der Waals surface area contributed by atoms with Crippen LogP contribution in [-0.4, -0.2) is 64.5 Å². The van der Waals surface area contributed by atoms with Crippen LogP contribution in [0.1, 0.15) is 52.8 Å². The maximum atomic E-state index is 15.3. The first kappa shape index (κ1) is 35.3. The number of anilines is 2. The molecule has 1 amide bonds. The number of likely N-dealkylation sites (N-methyl/N-ethyl adjacent to an activating group) is 1. The molecule has 0 unspecified atom stereocenters. The summed E-state index contributed by atoms with van der Waals surface area (Å²) in [6, 6.07) is 7.45. The number of alkyl halides is 3. The quantitative estimate of drug-likeness (QED) is 0.107. The van der Waals surface area contributed by atoms with Gasteiger partial charge in [-0.15, -0.1) is 0 Å². The van der Waals surface area contributed by atoms with E-state index in [0.29, 0.717) is 66.3 Å². The van der Waals surface area contributed by atoms with Crippen molar-refractivity contribution >= 4 is 39.6 Å². The zero-order valence-electron chi connectivity index (χ0n) is 29.0. The standard InChI is InChI=1S/C38H37F5N6O3/c1-21-45-33-28(48(21)4)20-25(38(41,42)43)31-24-7-6-13-49-29(19-22(34(24)49)9-14-47(3)35(31)33)36(51)23-17-26(39)32(27(40)18-23)46-30(50)8-5-12-44-37(2)10-15-52-16-11-37/h5-8,13,17-20,44H,9-12,14-16H2,1-4H3,(H,46,50)/b8-5+. The lowest BCUT2D eigenvalue weighted by Crippen LogP contribution is -2.46. The zero-order valence-corrected chi connectivity index (χ0v) is 29.0. The van der Waals surface area contributed by atoms with Crippen molar-refractivity contribution < 1.29 is 36.3 Å². The Hall–Kier alpha value is -5.08. The van der Waals surface area contributed by atoms with Gasteiger partial charge in [-0.1, -0.05) is 12.1 Å². The second-order valence-electron chi connectivity index (χ2n) is 13.7. The van der Waals surface area contributed by atoms with Gasteiger partial charge in [-0.05, 0) is 69.0 Å². The fourth-order valence-corrected chi connectivity index (χ4v) is 7.20. The first-order valence-corrected chi connectivity index (χ1v) is 16.9. The van der Waals surface area contributed by atoms with Gasteiger partial charge in [0.15, 0.2) is 0 Å². The fraction of sp³-hybridized carbons (Fsp3) is 0.342. The van der Waals surface area contributed by atoms with Crippen molar-refractivity contribution in [2.45, 2.75) is 44.8 Å². The van der Waals surface area contributed by atoms with Crippen LogP contribution in [-0.2, 0) is 29.2 Å². The average Bonchev–Trinajstić information content (AvgIpc) is 3.61.